The van der Waals surface area contributed by atoms with Gasteiger partial charge in [0.15, 0.2) is 0 Å². The molecule has 2 aromatic heterocycles. The van der Waals surface area contributed by atoms with Gasteiger partial charge < -0.3 is 5.32 Å². The molecule has 2 atom stereocenters. The van der Waals surface area contributed by atoms with Crippen molar-refractivity contribution >= 4 is 17.5 Å². The molecule has 0 aliphatic carbocycles. The first-order valence-electron chi connectivity index (χ1n) is 7.13. The summed E-state index contributed by atoms with van der Waals surface area (Å²) in [4.78, 5) is 8.53. The van der Waals surface area contributed by atoms with E-state index in [0.717, 1.165) is 23.0 Å². The number of halogens is 1. The average molecular weight is 312 g/mol. The molecule has 0 fully saturated rings. The Morgan fingerprint density at radius 1 is 1.14 bits per heavy atom. The molecular weight excluding hydrogens is 298 g/mol. The summed E-state index contributed by atoms with van der Waals surface area (Å²) in [5.74, 6) is 0.778. The predicted octanol–water partition coefficient (Wildman–Crippen LogP) is 3.47. The van der Waals surface area contributed by atoms with Crippen molar-refractivity contribution in [1.29, 1.82) is 0 Å². The quantitative estimate of drug-likeness (QED) is 0.787. The van der Waals surface area contributed by atoms with E-state index < -0.39 is 0 Å². The molecule has 1 aromatic carbocycles. The van der Waals surface area contributed by atoms with Gasteiger partial charge >= 0.3 is 0 Å². The van der Waals surface area contributed by atoms with Crippen LogP contribution in [0.25, 0.3) is 0 Å². The Morgan fingerprint density at radius 3 is 2.77 bits per heavy atom. The number of anilines is 1. The highest BCUT2D eigenvalue weighted by atomic mass is 35.5. The Hall–Kier alpha value is -2.40. The number of rotatable bonds is 2. The normalized spacial score (nSPS) is 20.2. The Morgan fingerprint density at radius 2 is 2.00 bits per heavy atom. The molecule has 3 aromatic rings. The van der Waals surface area contributed by atoms with Gasteiger partial charge in [-0.05, 0) is 35.7 Å². The Bertz CT molecular complexity index is 769. The fourth-order valence-corrected chi connectivity index (χ4v) is 3.01. The largest absolute Gasteiger partial charge is 0.347 e. The highest BCUT2D eigenvalue weighted by molar-refractivity contribution is 6.30. The monoisotopic (exact) mass is 311 g/mol. The van der Waals surface area contributed by atoms with Crippen LogP contribution in [0.1, 0.15) is 29.6 Å². The van der Waals surface area contributed by atoms with Gasteiger partial charge in [-0.1, -0.05) is 29.8 Å². The first-order chi connectivity index (χ1) is 10.8. The molecule has 2 unspecified atom stereocenters. The molecule has 110 valence electrons. The lowest BCUT2D eigenvalue weighted by atomic mass is 9.94. The number of fused-ring (bicyclic) bond motifs is 1. The molecule has 6 heteroatoms. The third-order valence-electron chi connectivity index (χ3n) is 3.97. The SMILES string of the molecule is Clc1ccc(C2CC(c3cccnc3)Nc3ncnn32)cc1. The number of aromatic nitrogens is 4. The molecule has 5 nitrogen and oxygen atoms in total. The number of hydrogen-bond acceptors (Lipinski definition) is 4. The maximum Gasteiger partial charge on any atom is 0.222 e. The summed E-state index contributed by atoms with van der Waals surface area (Å²) in [5.41, 5.74) is 2.32. The van der Waals surface area contributed by atoms with Gasteiger partial charge in [0.05, 0.1) is 12.1 Å². The van der Waals surface area contributed by atoms with E-state index >= 15 is 0 Å². The second-order valence-corrected chi connectivity index (χ2v) is 5.75. The lowest BCUT2D eigenvalue weighted by molar-refractivity contribution is 0.430. The molecular formula is C16H14ClN5. The molecule has 0 bridgehead atoms. The summed E-state index contributed by atoms with van der Waals surface area (Å²) in [6.07, 6.45) is 6.13. The second-order valence-electron chi connectivity index (χ2n) is 5.31. The van der Waals surface area contributed by atoms with Crippen LogP contribution in [0.4, 0.5) is 5.95 Å². The lowest BCUT2D eigenvalue weighted by Crippen LogP contribution is -2.28. The van der Waals surface area contributed by atoms with Crippen molar-refractivity contribution in [3.63, 3.8) is 0 Å². The van der Waals surface area contributed by atoms with Gasteiger partial charge in [0.25, 0.3) is 0 Å². The van der Waals surface area contributed by atoms with Crippen molar-refractivity contribution in [2.45, 2.75) is 18.5 Å². The van der Waals surface area contributed by atoms with Crippen LogP contribution in [0, 0.1) is 0 Å². The zero-order valence-corrected chi connectivity index (χ0v) is 12.5. The van der Waals surface area contributed by atoms with Crippen LogP contribution in [0.3, 0.4) is 0 Å². The van der Waals surface area contributed by atoms with Gasteiger partial charge in [0.2, 0.25) is 5.95 Å². The number of benzene rings is 1. The summed E-state index contributed by atoms with van der Waals surface area (Å²) in [6.45, 7) is 0. The number of hydrogen-bond donors (Lipinski definition) is 1. The standard InChI is InChI=1S/C16H14ClN5/c17-13-5-3-11(4-6-13)15-8-14(12-2-1-7-18-9-12)21-16-19-10-20-22(15)16/h1-7,9-10,14-15H,8H2,(H,19,20,21). The zero-order valence-electron chi connectivity index (χ0n) is 11.7. The first-order valence-corrected chi connectivity index (χ1v) is 7.50. The minimum atomic E-state index is 0.126. The molecule has 4 rings (SSSR count). The maximum absolute atomic E-state index is 6.00. The summed E-state index contributed by atoms with van der Waals surface area (Å²) >= 11 is 6.00. The minimum absolute atomic E-state index is 0.126. The van der Waals surface area contributed by atoms with E-state index in [9.17, 15) is 0 Å². The van der Waals surface area contributed by atoms with Crippen molar-refractivity contribution in [3.8, 4) is 0 Å². The average Bonchev–Trinajstić information content (AvgIpc) is 3.04. The molecule has 0 radical (unpaired) electrons. The van der Waals surface area contributed by atoms with E-state index in [4.69, 9.17) is 11.6 Å². The fourth-order valence-electron chi connectivity index (χ4n) is 2.88. The van der Waals surface area contributed by atoms with E-state index in [0.29, 0.717) is 0 Å². The molecule has 0 spiro atoms. The van der Waals surface area contributed by atoms with Gasteiger partial charge in [-0.2, -0.15) is 10.1 Å². The molecule has 0 amide bonds. The van der Waals surface area contributed by atoms with Crippen LogP contribution in [0.15, 0.2) is 55.1 Å². The van der Waals surface area contributed by atoms with Crippen molar-refractivity contribution < 1.29 is 0 Å². The number of pyridine rings is 1. The maximum atomic E-state index is 6.00. The Balaban J connectivity index is 1.73. The first kappa shape index (κ1) is 13.3. The van der Waals surface area contributed by atoms with E-state index in [2.05, 4.69) is 26.4 Å². The van der Waals surface area contributed by atoms with Crippen LogP contribution in [-0.4, -0.2) is 19.7 Å². The van der Waals surface area contributed by atoms with Crippen molar-refractivity contribution in [2.24, 2.45) is 0 Å². The topological polar surface area (TPSA) is 55.6 Å². The Labute approximate surface area is 133 Å². The van der Waals surface area contributed by atoms with Gasteiger partial charge in [-0.25, -0.2) is 4.68 Å². The van der Waals surface area contributed by atoms with Gasteiger partial charge in [0.1, 0.15) is 6.33 Å². The van der Waals surface area contributed by atoms with Crippen LogP contribution in [-0.2, 0) is 0 Å². The van der Waals surface area contributed by atoms with Crippen molar-refractivity contribution in [3.05, 3.63) is 71.3 Å². The summed E-state index contributed by atoms with van der Waals surface area (Å²) in [5, 5.41) is 8.52. The summed E-state index contributed by atoms with van der Waals surface area (Å²) in [7, 11) is 0. The van der Waals surface area contributed by atoms with Gasteiger partial charge in [-0.15, -0.1) is 0 Å². The van der Waals surface area contributed by atoms with Gasteiger partial charge in [0, 0.05) is 17.4 Å². The molecule has 1 aliphatic rings. The summed E-state index contributed by atoms with van der Waals surface area (Å²) in [6, 6.07) is 12.2. The van der Waals surface area contributed by atoms with E-state index in [1.165, 1.54) is 5.56 Å². The fraction of sp³-hybridized carbons (Fsp3) is 0.188. The van der Waals surface area contributed by atoms with Crippen LogP contribution in [0.2, 0.25) is 5.02 Å². The predicted molar refractivity (Wildman–Crippen MR) is 84.8 cm³/mol. The third-order valence-corrected chi connectivity index (χ3v) is 4.22. The molecule has 3 heterocycles. The van der Waals surface area contributed by atoms with Crippen molar-refractivity contribution in [2.75, 3.05) is 5.32 Å². The van der Waals surface area contributed by atoms with Crippen LogP contribution >= 0.6 is 11.6 Å². The lowest BCUT2D eigenvalue weighted by Gasteiger charge is -2.31. The number of nitrogens with zero attached hydrogens (tertiary/aromatic N) is 4. The van der Waals surface area contributed by atoms with E-state index in [-0.39, 0.29) is 12.1 Å². The molecule has 0 saturated heterocycles. The van der Waals surface area contributed by atoms with Crippen LogP contribution < -0.4 is 5.32 Å². The number of nitrogens with one attached hydrogen (secondary N) is 1. The smallest absolute Gasteiger partial charge is 0.222 e. The zero-order chi connectivity index (χ0) is 14.9. The molecule has 0 saturated carbocycles. The molecule has 1 N–H and O–H groups in total. The highest BCUT2D eigenvalue weighted by Crippen LogP contribution is 2.37. The van der Waals surface area contributed by atoms with E-state index in [1.807, 2.05) is 41.2 Å². The Kier molecular flexibility index (Phi) is 3.27. The summed E-state index contributed by atoms with van der Waals surface area (Å²) < 4.78 is 1.93. The second kappa shape index (κ2) is 5.42. The third kappa shape index (κ3) is 2.33. The minimum Gasteiger partial charge on any atom is -0.347 e. The molecule has 1 aliphatic heterocycles. The van der Waals surface area contributed by atoms with Gasteiger partial charge in [-0.3, -0.25) is 4.98 Å². The highest BCUT2D eigenvalue weighted by Gasteiger charge is 2.29. The van der Waals surface area contributed by atoms with Crippen molar-refractivity contribution in [1.82, 2.24) is 19.7 Å². The van der Waals surface area contributed by atoms with E-state index in [1.54, 1.807) is 12.5 Å². The van der Waals surface area contributed by atoms with Crippen LogP contribution in [0.5, 0.6) is 0 Å². The molecule has 22 heavy (non-hydrogen) atoms.